The Labute approximate surface area is 92.1 Å². The zero-order valence-electron chi connectivity index (χ0n) is 9.61. The SMILES string of the molecule is CN1CCC[C@@H]1COC1CCNCC1N. The quantitative estimate of drug-likeness (QED) is 0.681. The van der Waals surface area contributed by atoms with Crippen LogP contribution >= 0.6 is 0 Å². The van der Waals surface area contributed by atoms with Gasteiger partial charge in [-0.1, -0.05) is 0 Å². The van der Waals surface area contributed by atoms with Crippen LogP contribution in [0.3, 0.4) is 0 Å². The molecule has 2 heterocycles. The van der Waals surface area contributed by atoms with E-state index < -0.39 is 0 Å². The molecule has 2 aliphatic rings. The lowest BCUT2D eigenvalue weighted by molar-refractivity contribution is -0.00327. The molecule has 0 aromatic carbocycles. The van der Waals surface area contributed by atoms with Crippen LogP contribution in [0.2, 0.25) is 0 Å². The molecule has 2 unspecified atom stereocenters. The van der Waals surface area contributed by atoms with Gasteiger partial charge in [0.25, 0.3) is 0 Å². The molecule has 4 nitrogen and oxygen atoms in total. The number of hydrogen-bond donors (Lipinski definition) is 2. The van der Waals surface area contributed by atoms with E-state index in [2.05, 4.69) is 17.3 Å². The Morgan fingerprint density at radius 3 is 3.00 bits per heavy atom. The number of nitrogens with two attached hydrogens (primary N) is 1. The second-order valence-electron chi connectivity index (χ2n) is 4.81. The van der Waals surface area contributed by atoms with Gasteiger partial charge in [0, 0.05) is 18.6 Å². The lowest BCUT2D eigenvalue weighted by Crippen LogP contribution is -2.51. The first-order valence-corrected chi connectivity index (χ1v) is 6.05. The molecular weight excluding hydrogens is 190 g/mol. The zero-order valence-corrected chi connectivity index (χ0v) is 9.61. The number of piperidine rings is 1. The number of ether oxygens (including phenoxy) is 1. The predicted octanol–water partition coefficient (Wildman–Crippen LogP) is -0.214. The van der Waals surface area contributed by atoms with Gasteiger partial charge < -0.3 is 20.7 Å². The lowest BCUT2D eigenvalue weighted by atomic mass is 10.0. The van der Waals surface area contributed by atoms with Crippen LogP contribution in [-0.2, 0) is 4.74 Å². The van der Waals surface area contributed by atoms with Crippen molar-refractivity contribution in [3.8, 4) is 0 Å². The predicted molar refractivity (Wildman–Crippen MR) is 60.9 cm³/mol. The second-order valence-corrected chi connectivity index (χ2v) is 4.81. The van der Waals surface area contributed by atoms with Gasteiger partial charge in [0.15, 0.2) is 0 Å². The Kier molecular flexibility index (Phi) is 3.97. The number of hydrogen-bond acceptors (Lipinski definition) is 4. The van der Waals surface area contributed by atoms with E-state index in [1.165, 1.54) is 19.4 Å². The van der Waals surface area contributed by atoms with E-state index in [-0.39, 0.29) is 12.1 Å². The van der Waals surface area contributed by atoms with Gasteiger partial charge >= 0.3 is 0 Å². The zero-order chi connectivity index (χ0) is 10.7. The van der Waals surface area contributed by atoms with Gasteiger partial charge in [-0.3, -0.25) is 0 Å². The molecule has 0 aliphatic carbocycles. The summed E-state index contributed by atoms with van der Waals surface area (Å²) in [5.41, 5.74) is 6.00. The van der Waals surface area contributed by atoms with Crippen molar-refractivity contribution in [3.05, 3.63) is 0 Å². The third kappa shape index (κ3) is 2.91. The van der Waals surface area contributed by atoms with Crippen molar-refractivity contribution < 1.29 is 4.74 Å². The van der Waals surface area contributed by atoms with Gasteiger partial charge in [-0.15, -0.1) is 0 Å². The summed E-state index contributed by atoms with van der Waals surface area (Å²) in [6.07, 6.45) is 3.90. The summed E-state index contributed by atoms with van der Waals surface area (Å²) in [6, 6.07) is 0.789. The third-order valence-corrected chi connectivity index (χ3v) is 3.64. The van der Waals surface area contributed by atoms with Crippen LogP contribution < -0.4 is 11.1 Å². The average Bonchev–Trinajstić information content (AvgIpc) is 2.63. The van der Waals surface area contributed by atoms with E-state index in [1.54, 1.807) is 0 Å². The molecule has 4 heteroatoms. The van der Waals surface area contributed by atoms with Crippen LogP contribution in [0.5, 0.6) is 0 Å². The van der Waals surface area contributed by atoms with Crippen molar-refractivity contribution in [2.75, 3.05) is 33.3 Å². The average molecular weight is 213 g/mol. The van der Waals surface area contributed by atoms with Crippen LogP contribution in [0.25, 0.3) is 0 Å². The first-order valence-electron chi connectivity index (χ1n) is 6.05. The summed E-state index contributed by atoms with van der Waals surface area (Å²) >= 11 is 0. The maximum absolute atomic E-state index is 6.00. The Hall–Kier alpha value is -0.160. The molecule has 0 spiro atoms. The van der Waals surface area contributed by atoms with E-state index in [1.807, 2.05) is 0 Å². The molecule has 3 N–H and O–H groups in total. The van der Waals surface area contributed by atoms with E-state index in [0.717, 1.165) is 26.1 Å². The molecule has 3 atom stereocenters. The van der Waals surface area contributed by atoms with Gasteiger partial charge in [-0.2, -0.15) is 0 Å². The van der Waals surface area contributed by atoms with E-state index in [0.29, 0.717) is 6.04 Å². The van der Waals surface area contributed by atoms with E-state index >= 15 is 0 Å². The first kappa shape index (κ1) is 11.3. The molecule has 2 fully saturated rings. The number of nitrogens with zero attached hydrogens (tertiary/aromatic N) is 1. The molecule has 0 amide bonds. The molecule has 2 aliphatic heterocycles. The number of nitrogens with one attached hydrogen (secondary N) is 1. The Morgan fingerprint density at radius 2 is 2.33 bits per heavy atom. The summed E-state index contributed by atoms with van der Waals surface area (Å²) in [4.78, 5) is 2.40. The number of likely N-dealkylation sites (N-methyl/N-ethyl adjacent to an activating group) is 1. The fourth-order valence-corrected chi connectivity index (χ4v) is 2.49. The molecule has 0 aromatic heterocycles. The third-order valence-electron chi connectivity index (χ3n) is 3.64. The summed E-state index contributed by atoms with van der Waals surface area (Å²) in [6.45, 7) is 4.01. The van der Waals surface area contributed by atoms with Gasteiger partial charge in [0.2, 0.25) is 0 Å². The van der Waals surface area contributed by atoms with Crippen LogP contribution in [0.1, 0.15) is 19.3 Å². The summed E-state index contributed by atoms with van der Waals surface area (Å²) in [5.74, 6) is 0. The number of likely N-dealkylation sites (tertiary alicyclic amines) is 1. The monoisotopic (exact) mass is 213 g/mol. The fraction of sp³-hybridized carbons (Fsp3) is 1.00. The van der Waals surface area contributed by atoms with Crippen LogP contribution in [-0.4, -0.2) is 56.4 Å². The topological polar surface area (TPSA) is 50.5 Å². The van der Waals surface area contributed by atoms with E-state index in [4.69, 9.17) is 10.5 Å². The molecule has 0 aromatic rings. The van der Waals surface area contributed by atoms with Crippen LogP contribution in [0.4, 0.5) is 0 Å². The highest BCUT2D eigenvalue weighted by molar-refractivity contribution is 4.83. The Bertz CT molecular complexity index is 200. The van der Waals surface area contributed by atoms with Gasteiger partial charge in [0.05, 0.1) is 12.7 Å². The van der Waals surface area contributed by atoms with Crippen LogP contribution in [0, 0.1) is 0 Å². The van der Waals surface area contributed by atoms with Gasteiger partial charge in [0.1, 0.15) is 0 Å². The Morgan fingerprint density at radius 1 is 1.47 bits per heavy atom. The minimum Gasteiger partial charge on any atom is -0.375 e. The summed E-state index contributed by atoms with van der Waals surface area (Å²) < 4.78 is 5.94. The van der Waals surface area contributed by atoms with Crippen molar-refractivity contribution >= 4 is 0 Å². The molecule has 0 radical (unpaired) electrons. The first-order chi connectivity index (χ1) is 7.27. The van der Waals surface area contributed by atoms with Crippen molar-refractivity contribution in [1.82, 2.24) is 10.2 Å². The van der Waals surface area contributed by atoms with Gasteiger partial charge in [-0.25, -0.2) is 0 Å². The van der Waals surface area contributed by atoms with Crippen LogP contribution in [0.15, 0.2) is 0 Å². The highest BCUT2D eigenvalue weighted by Crippen LogP contribution is 2.16. The molecule has 88 valence electrons. The van der Waals surface area contributed by atoms with Gasteiger partial charge in [-0.05, 0) is 39.4 Å². The maximum atomic E-state index is 6.00. The standard InChI is InChI=1S/C11H23N3O/c1-14-6-2-3-9(14)8-15-11-4-5-13-7-10(11)12/h9-11,13H,2-8,12H2,1H3/t9-,10?,11?/m1/s1. The van der Waals surface area contributed by atoms with Crippen molar-refractivity contribution in [2.45, 2.75) is 37.5 Å². The highest BCUT2D eigenvalue weighted by Gasteiger charge is 2.26. The normalized spacial score (nSPS) is 38.4. The second kappa shape index (κ2) is 5.25. The van der Waals surface area contributed by atoms with Crippen molar-refractivity contribution in [1.29, 1.82) is 0 Å². The smallest absolute Gasteiger partial charge is 0.0751 e. The van der Waals surface area contributed by atoms with Crippen molar-refractivity contribution in [3.63, 3.8) is 0 Å². The number of rotatable bonds is 3. The van der Waals surface area contributed by atoms with E-state index in [9.17, 15) is 0 Å². The summed E-state index contributed by atoms with van der Waals surface area (Å²) in [5, 5.41) is 3.29. The Balaban J connectivity index is 1.72. The largest absolute Gasteiger partial charge is 0.375 e. The van der Waals surface area contributed by atoms with Crippen molar-refractivity contribution in [2.24, 2.45) is 5.73 Å². The fourth-order valence-electron chi connectivity index (χ4n) is 2.49. The lowest BCUT2D eigenvalue weighted by Gasteiger charge is -2.31. The minimum absolute atomic E-state index is 0.172. The summed E-state index contributed by atoms with van der Waals surface area (Å²) in [7, 11) is 2.18. The molecule has 2 saturated heterocycles. The maximum Gasteiger partial charge on any atom is 0.0751 e. The highest BCUT2D eigenvalue weighted by atomic mass is 16.5. The molecular formula is C11H23N3O. The molecule has 0 saturated carbocycles. The molecule has 15 heavy (non-hydrogen) atoms. The molecule has 2 rings (SSSR count). The molecule has 0 bridgehead atoms. The minimum atomic E-state index is 0.172.